The highest BCUT2D eigenvalue weighted by molar-refractivity contribution is 7.17. The molecule has 1 aromatic carbocycles. The molecule has 8 nitrogen and oxygen atoms in total. The Bertz CT molecular complexity index is 1080. The van der Waals surface area contributed by atoms with Gasteiger partial charge in [0.25, 0.3) is 5.91 Å². The summed E-state index contributed by atoms with van der Waals surface area (Å²) in [5.74, 6) is -1.44. The second-order valence-electron chi connectivity index (χ2n) is 5.72. The molecule has 2 aromatic heterocycles. The minimum atomic E-state index is -0.671. The lowest BCUT2D eigenvalue weighted by Gasteiger charge is -2.05. The maximum Gasteiger partial charge on any atom is 0.433 e. The minimum Gasteiger partial charge on any atom is -0.401 e. The van der Waals surface area contributed by atoms with Crippen LogP contribution in [0.15, 0.2) is 53.0 Å². The molecule has 0 saturated carbocycles. The number of thiophene rings is 1. The number of rotatable bonds is 6. The molecule has 28 heavy (non-hydrogen) atoms. The molecular formula is C19H15N3O5S. The first-order valence-electron chi connectivity index (χ1n) is 8.08. The number of hydrogen-bond donors (Lipinski definition) is 2. The third-order valence-corrected chi connectivity index (χ3v) is 4.84. The summed E-state index contributed by atoms with van der Waals surface area (Å²) >= 11 is 1.24. The zero-order valence-electron chi connectivity index (χ0n) is 14.7. The third kappa shape index (κ3) is 3.99. The number of nitrogens with two attached hydrogens (primary N) is 1. The van der Waals surface area contributed by atoms with Crippen LogP contribution in [0.1, 0.15) is 21.0 Å². The molecule has 0 aliphatic carbocycles. The topological polar surface area (TPSA) is 128 Å². The van der Waals surface area contributed by atoms with Crippen molar-refractivity contribution in [3.8, 4) is 11.1 Å². The molecule has 2 amide bonds. The van der Waals surface area contributed by atoms with E-state index >= 15 is 0 Å². The van der Waals surface area contributed by atoms with Crippen molar-refractivity contribution in [1.29, 1.82) is 0 Å². The van der Waals surface area contributed by atoms with Gasteiger partial charge in [0.2, 0.25) is 5.91 Å². The number of amides is 2. The average molecular weight is 397 g/mol. The molecule has 9 heteroatoms. The van der Waals surface area contributed by atoms with Crippen molar-refractivity contribution < 1.29 is 18.9 Å². The predicted molar refractivity (Wildman–Crippen MR) is 106 cm³/mol. The van der Waals surface area contributed by atoms with Crippen LogP contribution in [0.3, 0.4) is 0 Å². The standard InChI is InChI=1S/C19H15N3O5S/c1-11-16(12-5-3-2-4-6-12)17(18(20)24)19(28-11)21-14(23)9-7-13-8-10-15(27-13)22(25)26/h2-10H,1H3,(H2,20,24)(H,21,23)/b9-7+. The van der Waals surface area contributed by atoms with Crippen LogP contribution in [-0.4, -0.2) is 16.7 Å². The second kappa shape index (κ2) is 7.89. The van der Waals surface area contributed by atoms with Crippen LogP contribution in [0.5, 0.6) is 0 Å². The highest BCUT2D eigenvalue weighted by Gasteiger charge is 2.22. The minimum absolute atomic E-state index is 0.157. The number of hydrogen-bond acceptors (Lipinski definition) is 6. The number of carbonyl (C=O) groups is 2. The molecule has 0 spiro atoms. The molecule has 0 unspecified atom stereocenters. The molecular weight excluding hydrogens is 382 g/mol. The molecule has 0 fully saturated rings. The molecule has 142 valence electrons. The molecule has 0 radical (unpaired) electrons. The molecule has 3 N–H and O–H groups in total. The van der Waals surface area contributed by atoms with Crippen molar-refractivity contribution in [2.45, 2.75) is 6.92 Å². The van der Waals surface area contributed by atoms with Gasteiger partial charge in [-0.25, -0.2) is 0 Å². The molecule has 0 bridgehead atoms. The van der Waals surface area contributed by atoms with Crippen molar-refractivity contribution in [3.05, 3.63) is 74.9 Å². The SMILES string of the molecule is Cc1sc(NC(=O)/C=C/c2ccc([N+](=O)[O-])o2)c(C(N)=O)c1-c1ccccc1. The second-order valence-corrected chi connectivity index (χ2v) is 6.95. The Morgan fingerprint density at radius 1 is 1.21 bits per heavy atom. The Morgan fingerprint density at radius 3 is 2.54 bits per heavy atom. The van der Waals surface area contributed by atoms with Crippen LogP contribution in [0.2, 0.25) is 0 Å². The van der Waals surface area contributed by atoms with Gasteiger partial charge in [0.15, 0.2) is 0 Å². The quantitative estimate of drug-likeness (QED) is 0.369. The van der Waals surface area contributed by atoms with Crippen LogP contribution in [0.4, 0.5) is 10.9 Å². The first-order valence-corrected chi connectivity index (χ1v) is 8.90. The van der Waals surface area contributed by atoms with Crippen molar-refractivity contribution in [2.24, 2.45) is 5.73 Å². The van der Waals surface area contributed by atoms with E-state index in [1.807, 2.05) is 37.3 Å². The van der Waals surface area contributed by atoms with Gasteiger partial charge >= 0.3 is 5.88 Å². The monoisotopic (exact) mass is 397 g/mol. The smallest absolute Gasteiger partial charge is 0.401 e. The number of nitro groups is 1. The van der Waals surface area contributed by atoms with E-state index in [1.54, 1.807) is 0 Å². The summed E-state index contributed by atoms with van der Waals surface area (Å²) in [6.45, 7) is 1.84. The molecule has 0 aliphatic heterocycles. The van der Waals surface area contributed by atoms with Gasteiger partial charge in [-0.2, -0.15) is 0 Å². The van der Waals surface area contributed by atoms with Gasteiger partial charge in [0.05, 0.1) is 11.6 Å². The number of anilines is 1. The zero-order chi connectivity index (χ0) is 20.3. The first-order chi connectivity index (χ1) is 13.4. The van der Waals surface area contributed by atoms with E-state index in [9.17, 15) is 19.7 Å². The van der Waals surface area contributed by atoms with Crippen LogP contribution in [0.25, 0.3) is 17.2 Å². The zero-order valence-corrected chi connectivity index (χ0v) is 15.5. The largest absolute Gasteiger partial charge is 0.433 e. The molecule has 2 heterocycles. The van der Waals surface area contributed by atoms with Crippen LogP contribution in [0, 0.1) is 17.0 Å². The summed E-state index contributed by atoms with van der Waals surface area (Å²) in [5.41, 5.74) is 7.30. The molecule has 0 aliphatic rings. The molecule has 0 saturated heterocycles. The Hall–Kier alpha value is -3.72. The van der Waals surface area contributed by atoms with E-state index in [0.717, 1.165) is 16.5 Å². The summed E-state index contributed by atoms with van der Waals surface area (Å²) < 4.78 is 4.95. The summed E-state index contributed by atoms with van der Waals surface area (Å²) in [6.07, 6.45) is 2.45. The van der Waals surface area contributed by atoms with Crippen LogP contribution >= 0.6 is 11.3 Å². The highest BCUT2D eigenvalue weighted by atomic mass is 32.1. The Labute approximate surface area is 163 Å². The number of carbonyl (C=O) groups excluding carboxylic acids is 2. The fraction of sp³-hybridized carbons (Fsp3) is 0.0526. The number of aryl methyl sites for hydroxylation is 1. The lowest BCUT2D eigenvalue weighted by atomic mass is 10.0. The summed E-state index contributed by atoms with van der Waals surface area (Å²) in [6, 6.07) is 11.8. The van der Waals surface area contributed by atoms with E-state index in [0.29, 0.717) is 10.6 Å². The maximum atomic E-state index is 12.2. The van der Waals surface area contributed by atoms with Gasteiger partial charge in [-0.15, -0.1) is 11.3 Å². The summed E-state index contributed by atoms with van der Waals surface area (Å²) in [4.78, 5) is 35.1. The van der Waals surface area contributed by atoms with Crippen molar-refractivity contribution in [3.63, 3.8) is 0 Å². The Morgan fingerprint density at radius 2 is 1.93 bits per heavy atom. The number of nitrogens with zero attached hydrogens (tertiary/aromatic N) is 1. The Kier molecular flexibility index (Phi) is 5.37. The van der Waals surface area contributed by atoms with Crippen LogP contribution in [-0.2, 0) is 4.79 Å². The van der Waals surface area contributed by atoms with Crippen molar-refractivity contribution >= 4 is 40.1 Å². The maximum absolute atomic E-state index is 12.2. The number of benzene rings is 1. The van der Waals surface area contributed by atoms with E-state index in [2.05, 4.69) is 5.32 Å². The molecule has 0 atom stereocenters. The van der Waals surface area contributed by atoms with Gasteiger partial charge in [-0.3, -0.25) is 19.7 Å². The van der Waals surface area contributed by atoms with E-state index in [1.165, 1.54) is 29.5 Å². The van der Waals surface area contributed by atoms with Gasteiger partial charge in [-0.05, 0) is 24.6 Å². The Balaban J connectivity index is 1.85. The number of furan rings is 1. The highest BCUT2D eigenvalue weighted by Crippen LogP contribution is 2.39. The number of nitrogens with one attached hydrogen (secondary N) is 1. The normalized spacial score (nSPS) is 10.9. The van der Waals surface area contributed by atoms with Gasteiger partial charge < -0.3 is 15.5 Å². The van der Waals surface area contributed by atoms with E-state index in [-0.39, 0.29) is 11.3 Å². The van der Waals surface area contributed by atoms with E-state index < -0.39 is 22.6 Å². The summed E-state index contributed by atoms with van der Waals surface area (Å²) in [7, 11) is 0. The lowest BCUT2D eigenvalue weighted by molar-refractivity contribution is -0.402. The van der Waals surface area contributed by atoms with Crippen LogP contribution < -0.4 is 11.1 Å². The van der Waals surface area contributed by atoms with Gasteiger partial charge in [0.1, 0.15) is 15.7 Å². The third-order valence-electron chi connectivity index (χ3n) is 3.82. The van der Waals surface area contributed by atoms with Gasteiger partial charge in [-0.1, -0.05) is 30.3 Å². The molecule has 3 rings (SSSR count). The fourth-order valence-electron chi connectivity index (χ4n) is 2.66. The fourth-order valence-corrected chi connectivity index (χ4v) is 3.75. The first kappa shape index (κ1) is 19.1. The summed E-state index contributed by atoms with van der Waals surface area (Å²) in [5, 5.41) is 13.6. The molecule has 3 aromatic rings. The predicted octanol–water partition coefficient (Wildman–Crippen LogP) is 3.98. The lowest BCUT2D eigenvalue weighted by Crippen LogP contribution is -2.16. The van der Waals surface area contributed by atoms with Gasteiger partial charge in [0, 0.05) is 16.5 Å². The van der Waals surface area contributed by atoms with Crippen molar-refractivity contribution in [2.75, 3.05) is 5.32 Å². The van der Waals surface area contributed by atoms with E-state index in [4.69, 9.17) is 10.2 Å². The average Bonchev–Trinajstić information content (AvgIpc) is 3.25. The van der Waals surface area contributed by atoms with Crippen molar-refractivity contribution in [1.82, 2.24) is 0 Å². The number of primary amides is 1.